The normalized spacial score (nSPS) is 11.2. The molecule has 0 heterocycles. The van der Waals surface area contributed by atoms with Crippen LogP contribution in [0.3, 0.4) is 0 Å². The third kappa shape index (κ3) is 12.1. The van der Waals surface area contributed by atoms with Gasteiger partial charge in [-0.2, -0.15) is 0 Å². The first-order valence-electron chi connectivity index (χ1n) is 6.65. The summed E-state index contributed by atoms with van der Waals surface area (Å²) in [6, 6.07) is 0. The summed E-state index contributed by atoms with van der Waals surface area (Å²) in [4.78, 5) is 0. The SMILES string of the molecule is CCCCCCCCCC/C(=C/[O-])CC.[Cu+].[HH]. The minimum absolute atomic E-state index is 0. The summed E-state index contributed by atoms with van der Waals surface area (Å²) < 4.78 is 0. The van der Waals surface area contributed by atoms with Gasteiger partial charge in [-0.3, -0.25) is 0 Å². The standard InChI is InChI=1S/C14H28O.Cu.H2/c1-3-5-6-7-8-9-10-11-12-14(4-2)13-15;;/h13,15H,3-12H2,1-2H3;;1H/q;+1;/p-1/b14-13+;;. The van der Waals surface area contributed by atoms with Gasteiger partial charge in [0, 0.05) is 1.43 Å². The van der Waals surface area contributed by atoms with Gasteiger partial charge in [0.1, 0.15) is 0 Å². The topological polar surface area (TPSA) is 23.1 Å². The van der Waals surface area contributed by atoms with Crippen LogP contribution < -0.4 is 5.11 Å². The van der Waals surface area contributed by atoms with E-state index in [-0.39, 0.29) is 18.5 Å². The molecular weight excluding hydrogens is 248 g/mol. The quantitative estimate of drug-likeness (QED) is 0.329. The second-order valence-electron chi connectivity index (χ2n) is 4.35. The van der Waals surface area contributed by atoms with Crippen LogP contribution in [0.2, 0.25) is 0 Å². The van der Waals surface area contributed by atoms with Crippen LogP contribution in [-0.4, -0.2) is 0 Å². The summed E-state index contributed by atoms with van der Waals surface area (Å²) in [7, 11) is 0. The monoisotopic (exact) mass is 276 g/mol. The van der Waals surface area contributed by atoms with Crippen molar-refractivity contribution in [1.82, 2.24) is 0 Å². The molecule has 0 aliphatic heterocycles. The molecule has 0 aromatic rings. The van der Waals surface area contributed by atoms with E-state index in [1.54, 1.807) is 0 Å². The van der Waals surface area contributed by atoms with Crippen LogP contribution in [0.15, 0.2) is 11.8 Å². The Kier molecular flexibility index (Phi) is 17.3. The van der Waals surface area contributed by atoms with Crippen molar-refractivity contribution in [3.05, 3.63) is 11.8 Å². The van der Waals surface area contributed by atoms with Crippen molar-refractivity contribution in [2.24, 2.45) is 0 Å². The fourth-order valence-corrected chi connectivity index (χ4v) is 1.80. The van der Waals surface area contributed by atoms with Crippen molar-refractivity contribution >= 4 is 0 Å². The molecule has 0 amide bonds. The molecule has 2 heteroatoms. The van der Waals surface area contributed by atoms with E-state index in [0.717, 1.165) is 24.7 Å². The molecule has 0 rings (SSSR count). The average Bonchev–Trinajstić information content (AvgIpc) is 2.27. The smallest absolute Gasteiger partial charge is 0.878 e. The summed E-state index contributed by atoms with van der Waals surface area (Å²) in [6.45, 7) is 4.32. The maximum absolute atomic E-state index is 10.5. The number of rotatable bonds is 10. The molecule has 0 N–H and O–H groups in total. The molecule has 0 aromatic heterocycles. The van der Waals surface area contributed by atoms with Crippen LogP contribution in [0.5, 0.6) is 0 Å². The Bertz CT molecular complexity index is 160. The van der Waals surface area contributed by atoms with Gasteiger partial charge < -0.3 is 5.11 Å². The summed E-state index contributed by atoms with van der Waals surface area (Å²) in [5.41, 5.74) is 1.08. The largest absolute Gasteiger partial charge is 1.00 e. The predicted molar refractivity (Wildman–Crippen MR) is 67.7 cm³/mol. The van der Waals surface area contributed by atoms with E-state index in [9.17, 15) is 5.11 Å². The molecule has 0 spiro atoms. The maximum atomic E-state index is 10.5. The van der Waals surface area contributed by atoms with Crippen molar-refractivity contribution in [3.8, 4) is 0 Å². The second kappa shape index (κ2) is 15.1. The average molecular weight is 277 g/mol. The summed E-state index contributed by atoms with van der Waals surface area (Å²) in [5.74, 6) is 0. The van der Waals surface area contributed by atoms with E-state index in [2.05, 4.69) is 13.8 Å². The summed E-state index contributed by atoms with van der Waals surface area (Å²) in [5, 5.41) is 10.5. The number of unbranched alkanes of at least 4 members (excludes halogenated alkanes) is 7. The molecular formula is C14H29CuO. The molecule has 0 aliphatic rings. The fraction of sp³-hybridized carbons (Fsp3) is 0.857. The van der Waals surface area contributed by atoms with Crippen LogP contribution in [0.1, 0.15) is 79.5 Å². The van der Waals surface area contributed by atoms with Crippen LogP contribution in [0.4, 0.5) is 0 Å². The van der Waals surface area contributed by atoms with Gasteiger partial charge >= 0.3 is 17.1 Å². The molecule has 0 aromatic carbocycles. The number of allylic oxidation sites excluding steroid dienone is 1. The van der Waals surface area contributed by atoms with Gasteiger partial charge in [0.25, 0.3) is 0 Å². The van der Waals surface area contributed by atoms with E-state index < -0.39 is 0 Å². The molecule has 0 bridgehead atoms. The fourth-order valence-electron chi connectivity index (χ4n) is 1.80. The molecule has 0 fully saturated rings. The molecule has 16 heavy (non-hydrogen) atoms. The Morgan fingerprint density at radius 2 is 1.44 bits per heavy atom. The Morgan fingerprint density at radius 3 is 1.88 bits per heavy atom. The third-order valence-electron chi connectivity index (χ3n) is 2.97. The van der Waals surface area contributed by atoms with Gasteiger partial charge in [0.05, 0.1) is 0 Å². The van der Waals surface area contributed by atoms with Gasteiger partial charge in [-0.1, -0.05) is 64.4 Å². The molecule has 0 aliphatic carbocycles. The molecule has 0 radical (unpaired) electrons. The summed E-state index contributed by atoms with van der Waals surface area (Å²) in [6.07, 6.45) is 13.7. The van der Waals surface area contributed by atoms with E-state index in [0.29, 0.717) is 0 Å². The van der Waals surface area contributed by atoms with Crippen LogP contribution in [-0.2, 0) is 17.1 Å². The molecule has 0 saturated carbocycles. The Balaban J connectivity index is -0.000000980. The van der Waals surface area contributed by atoms with Crippen molar-refractivity contribution < 1.29 is 23.6 Å². The summed E-state index contributed by atoms with van der Waals surface area (Å²) >= 11 is 0. The van der Waals surface area contributed by atoms with E-state index >= 15 is 0 Å². The molecule has 0 atom stereocenters. The Hall–Kier alpha value is 0.0595. The van der Waals surface area contributed by atoms with E-state index in [1.807, 2.05) is 0 Å². The second-order valence-corrected chi connectivity index (χ2v) is 4.35. The van der Waals surface area contributed by atoms with Crippen molar-refractivity contribution in [1.29, 1.82) is 0 Å². The first-order chi connectivity index (χ1) is 7.35. The van der Waals surface area contributed by atoms with Gasteiger partial charge in [0.15, 0.2) is 0 Å². The van der Waals surface area contributed by atoms with Gasteiger partial charge in [0.2, 0.25) is 0 Å². The van der Waals surface area contributed by atoms with Crippen molar-refractivity contribution in [2.45, 2.75) is 78.1 Å². The first-order valence-corrected chi connectivity index (χ1v) is 6.65. The first kappa shape index (κ1) is 18.4. The molecule has 1 nitrogen and oxygen atoms in total. The maximum Gasteiger partial charge on any atom is 1.00 e. The van der Waals surface area contributed by atoms with Crippen LogP contribution >= 0.6 is 0 Å². The number of hydrogen-bond acceptors (Lipinski definition) is 1. The zero-order valence-corrected chi connectivity index (χ0v) is 11.8. The van der Waals surface area contributed by atoms with Crippen LogP contribution in [0, 0.1) is 0 Å². The van der Waals surface area contributed by atoms with E-state index in [4.69, 9.17) is 0 Å². The molecule has 0 unspecified atom stereocenters. The third-order valence-corrected chi connectivity index (χ3v) is 2.97. The number of hydrogen-bond donors (Lipinski definition) is 0. The van der Waals surface area contributed by atoms with Crippen LogP contribution in [0.25, 0.3) is 0 Å². The Labute approximate surface area is 114 Å². The Morgan fingerprint density at radius 1 is 0.938 bits per heavy atom. The zero-order chi connectivity index (χ0) is 11.4. The predicted octanol–water partition coefficient (Wildman–Crippen LogP) is 4.41. The van der Waals surface area contributed by atoms with Crippen molar-refractivity contribution in [3.63, 3.8) is 0 Å². The van der Waals surface area contributed by atoms with E-state index in [1.165, 1.54) is 51.4 Å². The van der Waals surface area contributed by atoms with Crippen molar-refractivity contribution in [2.75, 3.05) is 0 Å². The minimum atomic E-state index is 0. The van der Waals surface area contributed by atoms with Gasteiger partial charge in [-0.15, -0.1) is 6.26 Å². The minimum Gasteiger partial charge on any atom is -0.878 e. The van der Waals surface area contributed by atoms with Gasteiger partial charge in [-0.05, 0) is 19.3 Å². The molecule has 102 valence electrons. The van der Waals surface area contributed by atoms with Gasteiger partial charge in [-0.25, -0.2) is 0 Å². The zero-order valence-electron chi connectivity index (χ0n) is 10.9. The molecule has 0 saturated heterocycles.